The molecule has 1 unspecified atom stereocenters. The van der Waals surface area contributed by atoms with Crippen LogP contribution in [0.15, 0.2) is 0 Å². The molecule has 1 amide bonds. The Morgan fingerprint density at radius 1 is 1.24 bits per heavy atom. The largest absolute Gasteiger partial charge is 0.411 e. The van der Waals surface area contributed by atoms with E-state index in [9.17, 15) is 18.0 Å². The van der Waals surface area contributed by atoms with Gasteiger partial charge in [-0.15, -0.1) is 0 Å². The third-order valence-corrected chi connectivity index (χ3v) is 3.86. The fourth-order valence-corrected chi connectivity index (χ4v) is 2.57. The summed E-state index contributed by atoms with van der Waals surface area (Å²) < 4.78 is 40.4. The number of hydrogen-bond acceptors (Lipinski definition) is 3. The Hall–Kier alpha value is -0.820. The van der Waals surface area contributed by atoms with Crippen LogP contribution in [0.3, 0.4) is 0 Å². The Morgan fingerprint density at radius 3 is 2.57 bits per heavy atom. The Labute approximate surface area is 123 Å². The minimum Gasteiger partial charge on any atom is -0.372 e. The number of amides is 1. The van der Waals surface area contributed by atoms with Gasteiger partial charge in [0.1, 0.15) is 6.61 Å². The highest BCUT2D eigenvalue weighted by atomic mass is 19.4. The van der Waals surface area contributed by atoms with Crippen LogP contribution >= 0.6 is 0 Å². The van der Waals surface area contributed by atoms with E-state index in [1.54, 1.807) is 4.90 Å². The zero-order chi connectivity index (χ0) is 15.3. The molecule has 0 aromatic carbocycles. The van der Waals surface area contributed by atoms with Crippen molar-refractivity contribution in [2.24, 2.45) is 5.92 Å². The van der Waals surface area contributed by atoms with Crippen molar-refractivity contribution in [2.45, 2.75) is 44.3 Å². The maximum Gasteiger partial charge on any atom is 0.411 e. The number of rotatable bonds is 8. The predicted octanol–water partition coefficient (Wildman–Crippen LogP) is 1.95. The summed E-state index contributed by atoms with van der Waals surface area (Å²) >= 11 is 0. The summed E-state index contributed by atoms with van der Waals surface area (Å²) in [6.07, 6.45) is 0.156. The lowest BCUT2D eigenvalue weighted by molar-refractivity contribution is -0.175. The first kappa shape index (κ1) is 16.5. The lowest BCUT2D eigenvalue weighted by Crippen LogP contribution is -2.42. The van der Waals surface area contributed by atoms with E-state index in [1.165, 1.54) is 0 Å². The van der Waals surface area contributed by atoms with Gasteiger partial charge in [0.25, 0.3) is 0 Å². The number of nitrogens with one attached hydrogen (secondary N) is 1. The molecule has 7 heteroatoms. The van der Waals surface area contributed by atoms with E-state index in [2.05, 4.69) is 10.1 Å². The number of ether oxygens (including phenoxy) is 1. The van der Waals surface area contributed by atoms with Crippen molar-refractivity contribution in [3.8, 4) is 0 Å². The third kappa shape index (κ3) is 6.65. The fourth-order valence-electron chi connectivity index (χ4n) is 2.57. The first-order chi connectivity index (χ1) is 9.94. The Bertz CT molecular complexity index is 340. The van der Waals surface area contributed by atoms with E-state index < -0.39 is 12.8 Å². The molecule has 1 saturated heterocycles. The van der Waals surface area contributed by atoms with Crippen molar-refractivity contribution in [3.05, 3.63) is 0 Å². The Morgan fingerprint density at radius 2 is 2.00 bits per heavy atom. The molecule has 1 heterocycles. The smallest absolute Gasteiger partial charge is 0.372 e. The van der Waals surface area contributed by atoms with Gasteiger partial charge in [-0.25, -0.2) is 0 Å². The maximum absolute atomic E-state index is 12.2. The zero-order valence-electron chi connectivity index (χ0n) is 12.1. The SMILES string of the molecule is O=C(CCOCC(F)(F)F)N(CC1CC1)CC1CCCN1. The normalized spacial score (nSPS) is 22.5. The average molecular weight is 308 g/mol. The summed E-state index contributed by atoms with van der Waals surface area (Å²) in [7, 11) is 0. The minimum absolute atomic E-state index is 0.0233. The van der Waals surface area contributed by atoms with Gasteiger partial charge in [-0.1, -0.05) is 0 Å². The molecule has 2 fully saturated rings. The van der Waals surface area contributed by atoms with Crippen LogP contribution in [0.2, 0.25) is 0 Å². The van der Waals surface area contributed by atoms with Gasteiger partial charge in [0.05, 0.1) is 13.0 Å². The number of alkyl halides is 3. The number of carbonyl (C=O) groups excluding carboxylic acids is 1. The van der Waals surface area contributed by atoms with Gasteiger partial charge in [0.15, 0.2) is 0 Å². The predicted molar refractivity (Wildman–Crippen MR) is 71.8 cm³/mol. The molecule has 1 aliphatic heterocycles. The third-order valence-electron chi connectivity index (χ3n) is 3.86. The molecule has 2 rings (SSSR count). The summed E-state index contributed by atoms with van der Waals surface area (Å²) in [5.74, 6) is 0.476. The molecule has 2 aliphatic rings. The van der Waals surface area contributed by atoms with Crippen molar-refractivity contribution in [1.82, 2.24) is 10.2 Å². The highest BCUT2D eigenvalue weighted by molar-refractivity contribution is 5.76. The summed E-state index contributed by atoms with van der Waals surface area (Å²) in [5, 5.41) is 3.35. The van der Waals surface area contributed by atoms with Crippen LogP contribution in [0.5, 0.6) is 0 Å². The molecular formula is C14H23F3N2O2. The van der Waals surface area contributed by atoms with E-state index >= 15 is 0 Å². The van der Waals surface area contributed by atoms with Gasteiger partial charge >= 0.3 is 6.18 Å². The summed E-state index contributed by atoms with van der Waals surface area (Å²) in [6, 6.07) is 0.323. The molecule has 0 aromatic heterocycles. The van der Waals surface area contributed by atoms with E-state index in [-0.39, 0.29) is 18.9 Å². The van der Waals surface area contributed by atoms with Crippen molar-refractivity contribution < 1.29 is 22.7 Å². The van der Waals surface area contributed by atoms with Gasteiger partial charge < -0.3 is 15.0 Å². The molecule has 1 saturated carbocycles. The van der Waals surface area contributed by atoms with Crippen LogP contribution < -0.4 is 5.32 Å². The van der Waals surface area contributed by atoms with E-state index in [0.29, 0.717) is 18.5 Å². The molecule has 1 aliphatic carbocycles. The lowest BCUT2D eigenvalue weighted by Gasteiger charge is -2.26. The van der Waals surface area contributed by atoms with Crippen LogP contribution in [0.25, 0.3) is 0 Å². The van der Waals surface area contributed by atoms with Crippen molar-refractivity contribution in [3.63, 3.8) is 0 Å². The molecule has 0 bridgehead atoms. The van der Waals surface area contributed by atoms with E-state index in [1.807, 2.05) is 0 Å². The Balaban J connectivity index is 1.71. The van der Waals surface area contributed by atoms with E-state index in [4.69, 9.17) is 0 Å². The number of hydrogen-bond donors (Lipinski definition) is 1. The van der Waals surface area contributed by atoms with E-state index in [0.717, 1.165) is 38.8 Å². The maximum atomic E-state index is 12.2. The van der Waals surface area contributed by atoms with Crippen LogP contribution in [0.4, 0.5) is 13.2 Å². The molecule has 21 heavy (non-hydrogen) atoms. The number of carbonyl (C=O) groups is 1. The molecule has 4 nitrogen and oxygen atoms in total. The molecule has 122 valence electrons. The van der Waals surface area contributed by atoms with Crippen LogP contribution in [0, 0.1) is 5.92 Å². The summed E-state index contributed by atoms with van der Waals surface area (Å²) in [6.45, 7) is 0.917. The fraction of sp³-hybridized carbons (Fsp3) is 0.929. The first-order valence-corrected chi connectivity index (χ1v) is 7.60. The molecule has 1 N–H and O–H groups in total. The second kappa shape index (κ2) is 7.45. The topological polar surface area (TPSA) is 41.6 Å². The van der Waals surface area contributed by atoms with Crippen molar-refractivity contribution >= 4 is 5.91 Å². The summed E-state index contributed by atoms with van der Waals surface area (Å²) in [5.41, 5.74) is 0. The van der Waals surface area contributed by atoms with Gasteiger partial charge in [-0.3, -0.25) is 4.79 Å². The van der Waals surface area contributed by atoms with Crippen LogP contribution in [-0.2, 0) is 9.53 Å². The van der Waals surface area contributed by atoms with Gasteiger partial charge in [0, 0.05) is 19.1 Å². The number of halogens is 3. The second-order valence-corrected chi connectivity index (χ2v) is 5.95. The monoisotopic (exact) mass is 308 g/mol. The number of nitrogens with zero attached hydrogens (tertiary/aromatic N) is 1. The van der Waals surface area contributed by atoms with Gasteiger partial charge in [-0.05, 0) is 38.1 Å². The zero-order valence-corrected chi connectivity index (χ0v) is 12.1. The standard InChI is InChI=1S/C14H23F3N2O2/c15-14(16,17)10-21-7-5-13(20)19(8-11-3-4-11)9-12-2-1-6-18-12/h11-12,18H,1-10H2. The molecular weight excluding hydrogens is 285 g/mol. The van der Waals surface area contributed by atoms with Crippen molar-refractivity contribution in [1.29, 1.82) is 0 Å². The summed E-state index contributed by atoms with van der Waals surface area (Å²) in [4.78, 5) is 14.0. The van der Waals surface area contributed by atoms with Crippen molar-refractivity contribution in [2.75, 3.05) is 32.8 Å². The Kier molecular flexibility index (Phi) is 5.87. The highest BCUT2D eigenvalue weighted by Crippen LogP contribution is 2.30. The second-order valence-electron chi connectivity index (χ2n) is 5.95. The minimum atomic E-state index is -4.33. The average Bonchev–Trinajstić information content (AvgIpc) is 3.06. The molecule has 0 radical (unpaired) electrons. The molecule has 0 aromatic rings. The van der Waals surface area contributed by atoms with Crippen LogP contribution in [-0.4, -0.2) is 55.9 Å². The quantitative estimate of drug-likeness (QED) is 0.697. The first-order valence-electron chi connectivity index (χ1n) is 7.60. The molecule has 0 spiro atoms. The highest BCUT2D eigenvalue weighted by Gasteiger charge is 2.30. The molecule has 1 atom stereocenters. The van der Waals surface area contributed by atoms with Gasteiger partial charge in [-0.2, -0.15) is 13.2 Å². The lowest BCUT2D eigenvalue weighted by atomic mass is 10.2. The van der Waals surface area contributed by atoms with Gasteiger partial charge in [0.2, 0.25) is 5.91 Å². The van der Waals surface area contributed by atoms with Crippen LogP contribution in [0.1, 0.15) is 32.1 Å².